The highest BCUT2D eigenvalue weighted by Crippen LogP contribution is 2.40. The fourth-order valence-corrected chi connectivity index (χ4v) is 15.3. The first-order valence-corrected chi connectivity index (χ1v) is 30.0. The summed E-state index contributed by atoms with van der Waals surface area (Å²) in [6.07, 6.45) is -5.29. The molecular formula is C69H78O11Si. The maximum Gasteiger partial charge on any atom is 0.261 e. The topological polar surface area (TPSA) is 102 Å². The summed E-state index contributed by atoms with van der Waals surface area (Å²) in [6.45, 7) is 16.7. The standard InChI is InChI=1S/C69H78O11Si/c1-6-43-71-63-61(73-46-53-31-17-9-18-32-53)60(51-77-81(69(3,4)5,57-39-25-13-26-40-57)58-41-27-14-28-42-58)79-68(66(63)76-49-56-37-23-12-24-38-56)80-62-59(50-70-45-52-29-15-8-16-30-52)78-67(72-44-7-2)65(75-48-55-35-21-11-22-36-55)64(62)74-47-54-33-19-10-20-34-54/h6-42,59-68H,1-2,43-51H2,3-5H3/t59-,60-,61+,62-,63+,64+,65-,66-,67-,68+/m1/s1. The zero-order chi connectivity index (χ0) is 56.1. The molecular weight excluding hydrogens is 1030 g/mol. The molecule has 0 aliphatic carbocycles. The van der Waals surface area contributed by atoms with Crippen molar-refractivity contribution < 1.29 is 51.8 Å². The molecule has 7 aromatic rings. The molecule has 0 N–H and O–H groups in total. The summed E-state index contributed by atoms with van der Waals surface area (Å²) in [5.41, 5.74) is 4.86. The molecule has 0 amide bonds. The first-order chi connectivity index (χ1) is 39.7. The number of hydrogen-bond acceptors (Lipinski definition) is 11. The quantitative estimate of drug-likeness (QED) is 0.0331. The predicted octanol–water partition coefficient (Wildman–Crippen LogP) is 11.7. The van der Waals surface area contributed by atoms with Crippen LogP contribution in [-0.4, -0.2) is 96.2 Å². The van der Waals surface area contributed by atoms with Gasteiger partial charge in [-0.2, -0.15) is 0 Å². The van der Waals surface area contributed by atoms with Gasteiger partial charge in [0.2, 0.25) is 0 Å². The first-order valence-electron chi connectivity index (χ1n) is 28.1. The lowest BCUT2D eigenvalue weighted by Gasteiger charge is -2.51. The number of benzene rings is 7. The fraction of sp³-hybridized carbons (Fsp3) is 0.333. The average molecular weight is 1110 g/mol. The minimum atomic E-state index is -3.17. The second kappa shape index (κ2) is 30.2. The molecule has 2 saturated heterocycles. The summed E-state index contributed by atoms with van der Waals surface area (Å²) in [6, 6.07) is 71.4. The highest BCUT2D eigenvalue weighted by Gasteiger charge is 2.56. The molecule has 2 heterocycles. The first kappa shape index (κ1) is 59.4. The van der Waals surface area contributed by atoms with Crippen LogP contribution in [0.4, 0.5) is 0 Å². The third-order valence-electron chi connectivity index (χ3n) is 14.7. The van der Waals surface area contributed by atoms with Crippen molar-refractivity contribution in [3.8, 4) is 0 Å². The van der Waals surface area contributed by atoms with E-state index in [1.54, 1.807) is 12.2 Å². The van der Waals surface area contributed by atoms with E-state index >= 15 is 0 Å². The molecule has 0 radical (unpaired) electrons. The molecule has 10 atom stereocenters. The largest absolute Gasteiger partial charge is 0.405 e. The van der Waals surface area contributed by atoms with Crippen molar-refractivity contribution in [3.63, 3.8) is 0 Å². The fourth-order valence-electron chi connectivity index (χ4n) is 10.8. The molecule has 0 aromatic heterocycles. The van der Waals surface area contributed by atoms with E-state index in [0.29, 0.717) is 6.61 Å². The summed E-state index contributed by atoms with van der Waals surface area (Å²) < 4.78 is 78.6. The summed E-state index contributed by atoms with van der Waals surface area (Å²) in [7, 11) is -3.17. The van der Waals surface area contributed by atoms with Gasteiger partial charge in [-0.1, -0.05) is 245 Å². The molecule has 0 unspecified atom stereocenters. The highest BCUT2D eigenvalue weighted by molar-refractivity contribution is 6.99. The van der Waals surface area contributed by atoms with Gasteiger partial charge >= 0.3 is 0 Å². The minimum Gasteiger partial charge on any atom is -0.405 e. The SMILES string of the molecule is C=CCO[C@@H]1O[C@H](COCc2ccccc2)[C@@H](O[C@@H]2O[C@H](CO[Si](c3ccccc3)(c3ccccc3)C(C)(C)C)[C@H](OCc3ccccc3)[C@H](OCC=C)[C@H]2OCc2ccccc2)[C@H](OCc2ccccc2)[C@H]1OCc1ccccc1. The molecule has 81 heavy (non-hydrogen) atoms. The van der Waals surface area contributed by atoms with Crippen molar-refractivity contribution in [2.24, 2.45) is 0 Å². The number of rotatable bonds is 29. The van der Waals surface area contributed by atoms with Gasteiger partial charge in [-0.15, -0.1) is 13.2 Å². The normalized spacial score (nSPS) is 23.1. The number of ether oxygens (including phenoxy) is 10. The molecule has 0 bridgehead atoms. The van der Waals surface area contributed by atoms with Crippen LogP contribution in [0.3, 0.4) is 0 Å². The Labute approximate surface area is 480 Å². The lowest BCUT2D eigenvalue weighted by molar-refractivity contribution is -0.375. The molecule has 11 nitrogen and oxygen atoms in total. The van der Waals surface area contributed by atoms with Crippen molar-refractivity contribution in [3.05, 3.63) is 265 Å². The van der Waals surface area contributed by atoms with Crippen molar-refractivity contribution in [2.45, 2.75) is 120 Å². The third kappa shape index (κ3) is 15.9. The van der Waals surface area contributed by atoms with Gasteiger partial charge in [-0.3, -0.25) is 0 Å². The van der Waals surface area contributed by atoms with Crippen LogP contribution in [0.2, 0.25) is 5.04 Å². The summed E-state index contributed by atoms with van der Waals surface area (Å²) >= 11 is 0. The minimum absolute atomic E-state index is 0.0893. The molecule has 0 saturated carbocycles. The number of hydrogen-bond donors (Lipinski definition) is 0. The average Bonchev–Trinajstić information content (AvgIpc) is 3.59. The van der Waals surface area contributed by atoms with E-state index in [1.165, 1.54) is 0 Å². The highest BCUT2D eigenvalue weighted by atomic mass is 28.4. The van der Waals surface area contributed by atoms with Gasteiger partial charge < -0.3 is 51.8 Å². The lowest BCUT2D eigenvalue weighted by Crippen LogP contribution is -2.69. The maximum atomic E-state index is 7.76. The molecule has 7 aromatic carbocycles. The Kier molecular flexibility index (Phi) is 22.2. The van der Waals surface area contributed by atoms with Crippen molar-refractivity contribution in [1.29, 1.82) is 0 Å². The molecule has 2 aliphatic heterocycles. The van der Waals surface area contributed by atoms with E-state index in [1.807, 2.05) is 164 Å². The van der Waals surface area contributed by atoms with Crippen molar-refractivity contribution in [2.75, 3.05) is 26.4 Å². The van der Waals surface area contributed by atoms with Crippen LogP contribution in [0.1, 0.15) is 48.6 Å². The second-order valence-electron chi connectivity index (χ2n) is 21.4. The predicted molar refractivity (Wildman–Crippen MR) is 318 cm³/mol. The van der Waals surface area contributed by atoms with Crippen molar-refractivity contribution >= 4 is 18.7 Å². The Morgan fingerprint density at radius 2 is 0.728 bits per heavy atom. The molecule has 0 spiro atoms. The van der Waals surface area contributed by atoms with Crippen molar-refractivity contribution in [1.82, 2.24) is 0 Å². The smallest absolute Gasteiger partial charge is 0.261 e. The van der Waals surface area contributed by atoms with Gasteiger partial charge in [0, 0.05) is 0 Å². The van der Waals surface area contributed by atoms with Crippen LogP contribution in [0.5, 0.6) is 0 Å². The third-order valence-corrected chi connectivity index (χ3v) is 19.7. The van der Waals surface area contributed by atoms with E-state index in [0.717, 1.165) is 38.2 Å². The van der Waals surface area contributed by atoms with Gasteiger partial charge in [0.05, 0.1) is 59.5 Å². The molecule has 9 rings (SSSR count). The van der Waals surface area contributed by atoms with Crippen LogP contribution in [-0.2, 0) is 84.8 Å². The van der Waals surface area contributed by atoms with E-state index in [2.05, 4.69) is 82.5 Å². The van der Waals surface area contributed by atoms with Crippen LogP contribution >= 0.6 is 0 Å². The van der Waals surface area contributed by atoms with Crippen LogP contribution in [0.15, 0.2) is 238 Å². The Morgan fingerprint density at radius 1 is 0.383 bits per heavy atom. The van der Waals surface area contributed by atoms with E-state index < -0.39 is 69.7 Å². The molecule has 424 valence electrons. The van der Waals surface area contributed by atoms with Gasteiger partial charge in [0.15, 0.2) is 12.6 Å². The Morgan fingerprint density at radius 3 is 1.16 bits per heavy atom. The van der Waals surface area contributed by atoms with Crippen LogP contribution in [0.25, 0.3) is 0 Å². The Hall–Kier alpha value is -6.20. The maximum absolute atomic E-state index is 7.76. The zero-order valence-electron chi connectivity index (χ0n) is 46.9. The van der Waals surface area contributed by atoms with E-state index in [-0.39, 0.29) is 57.9 Å². The lowest BCUT2D eigenvalue weighted by atomic mass is 9.95. The van der Waals surface area contributed by atoms with Crippen LogP contribution < -0.4 is 10.4 Å². The summed E-state index contributed by atoms with van der Waals surface area (Å²) in [5, 5.41) is 1.90. The van der Waals surface area contributed by atoms with Gasteiger partial charge in [-0.25, -0.2) is 0 Å². The monoisotopic (exact) mass is 1110 g/mol. The van der Waals surface area contributed by atoms with E-state index in [4.69, 9.17) is 51.8 Å². The summed E-state index contributed by atoms with van der Waals surface area (Å²) in [5.74, 6) is 0. The second-order valence-corrected chi connectivity index (χ2v) is 25.7. The Bertz CT molecular complexity index is 2840. The van der Waals surface area contributed by atoms with Gasteiger partial charge in [0.1, 0.15) is 48.8 Å². The van der Waals surface area contributed by atoms with Gasteiger partial charge in [0.25, 0.3) is 8.32 Å². The van der Waals surface area contributed by atoms with Gasteiger partial charge in [-0.05, 0) is 43.2 Å². The van der Waals surface area contributed by atoms with Crippen LogP contribution in [0, 0.1) is 0 Å². The molecule has 2 fully saturated rings. The van der Waals surface area contributed by atoms with E-state index in [9.17, 15) is 0 Å². The molecule has 12 heteroatoms. The zero-order valence-corrected chi connectivity index (χ0v) is 47.9. The summed E-state index contributed by atoms with van der Waals surface area (Å²) in [4.78, 5) is 0. The molecule has 2 aliphatic rings. The Balaban J connectivity index is 1.17.